The topological polar surface area (TPSA) is 18.5 Å². The SMILES string of the molecule is CC(C)(C)Oc1c(F)c(F)[c]([Hg][c]2c(F)c(F)c(OC(C)(C)C)c(F)c2F)c(F)c1F. The summed E-state index contributed by atoms with van der Waals surface area (Å²) in [5.74, 6) is -18.0. The Morgan fingerprint density at radius 2 is 0.677 bits per heavy atom. The zero-order chi connectivity index (χ0) is 24.0. The third-order valence-corrected chi connectivity index (χ3v) is 11.4. The van der Waals surface area contributed by atoms with E-state index in [-0.39, 0.29) is 0 Å². The summed E-state index contributed by atoms with van der Waals surface area (Å²) < 4.78 is 122. The molecule has 2 rings (SSSR count). The van der Waals surface area contributed by atoms with E-state index in [9.17, 15) is 35.1 Å². The first-order chi connectivity index (χ1) is 14.0. The molecule has 0 amide bonds. The first-order valence-corrected chi connectivity index (χ1v) is 14.5. The first-order valence-electron chi connectivity index (χ1n) is 9.04. The molecule has 0 fully saturated rings. The van der Waals surface area contributed by atoms with Gasteiger partial charge in [-0.15, -0.1) is 0 Å². The molecule has 0 aliphatic heterocycles. The summed E-state index contributed by atoms with van der Waals surface area (Å²) >= 11 is -4.08. The van der Waals surface area contributed by atoms with Gasteiger partial charge in [-0.25, -0.2) is 0 Å². The maximum atomic E-state index is 14.5. The average molecular weight is 643 g/mol. The number of halogens is 8. The van der Waals surface area contributed by atoms with Crippen LogP contribution in [0.3, 0.4) is 0 Å². The molecule has 0 atom stereocenters. The minimum atomic E-state index is -4.08. The second-order valence-corrected chi connectivity index (χ2v) is 15.6. The molecular formula is C20H18F8HgO2. The summed E-state index contributed by atoms with van der Waals surface area (Å²) in [6.45, 7) is 8.21. The first kappa shape index (κ1) is 25.7. The molecule has 2 aromatic rings. The summed E-state index contributed by atoms with van der Waals surface area (Å²) in [6.07, 6.45) is 0. The van der Waals surface area contributed by atoms with Crippen molar-refractivity contribution in [2.24, 2.45) is 0 Å². The van der Waals surface area contributed by atoms with Gasteiger partial charge in [0, 0.05) is 0 Å². The molecule has 0 radical (unpaired) electrons. The van der Waals surface area contributed by atoms with Crippen LogP contribution >= 0.6 is 0 Å². The van der Waals surface area contributed by atoms with Crippen molar-refractivity contribution in [3.8, 4) is 11.5 Å². The number of benzene rings is 2. The average Bonchev–Trinajstić information content (AvgIpc) is 2.63. The van der Waals surface area contributed by atoms with Gasteiger partial charge in [0.1, 0.15) is 0 Å². The van der Waals surface area contributed by atoms with Crippen LogP contribution in [0.2, 0.25) is 0 Å². The monoisotopic (exact) mass is 644 g/mol. The molecule has 11 heteroatoms. The van der Waals surface area contributed by atoms with Crippen molar-refractivity contribution in [1.82, 2.24) is 0 Å². The standard InChI is InChI=1S/2C10H9F4O.Hg/c2*1-10(2,3)15-9-7(13)5(11)4-6(12)8(9)14;/h2*1-3H3;. The zero-order valence-electron chi connectivity index (χ0n) is 17.5. The normalized spacial score (nSPS) is 12.1. The van der Waals surface area contributed by atoms with Gasteiger partial charge in [-0.1, -0.05) is 0 Å². The summed E-state index contributed by atoms with van der Waals surface area (Å²) in [5, 5.41) is 0. The van der Waals surface area contributed by atoms with Gasteiger partial charge in [-0.3, -0.25) is 0 Å². The van der Waals surface area contributed by atoms with Crippen molar-refractivity contribution >= 4 is 6.14 Å². The molecule has 0 aromatic heterocycles. The van der Waals surface area contributed by atoms with Crippen molar-refractivity contribution < 1.29 is 69.2 Å². The van der Waals surface area contributed by atoms with E-state index in [1.54, 1.807) is 0 Å². The van der Waals surface area contributed by atoms with Crippen molar-refractivity contribution in [3.05, 3.63) is 46.5 Å². The van der Waals surface area contributed by atoms with Crippen LogP contribution < -0.4 is 15.6 Å². The molecule has 0 N–H and O–H groups in total. The van der Waals surface area contributed by atoms with Crippen LogP contribution in [0.1, 0.15) is 41.5 Å². The van der Waals surface area contributed by atoms with E-state index >= 15 is 0 Å². The van der Waals surface area contributed by atoms with Gasteiger partial charge in [0.05, 0.1) is 0 Å². The van der Waals surface area contributed by atoms with E-state index in [1.807, 2.05) is 0 Å². The van der Waals surface area contributed by atoms with E-state index in [0.29, 0.717) is 0 Å². The fourth-order valence-electron chi connectivity index (χ4n) is 2.59. The van der Waals surface area contributed by atoms with E-state index in [4.69, 9.17) is 9.47 Å². The van der Waals surface area contributed by atoms with E-state index < -0.39 is 100.0 Å². The molecule has 0 bridgehead atoms. The molecule has 0 unspecified atom stereocenters. The third-order valence-electron chi connectivity index (χ3n) is 3.80. The molecule has 0 saturated carbocycles. The van der Waals surface area contributed by atoms with Crippen LogP contribution in [0.25, 0.3) is 0 Å². The minimum absolute atomic E-state index is 1.22. The van der Waals surface area contributed by atoms with Gasteiger partial charge < -0.3 is 0 Å². The predicted molar refractivity (Wildman–Crippen MR) is 92.6 cm³/mol. The second kappa shape index (κ2) is 8.75. The number of rotatable bonds is 4. The molecule has 0 saturated heterocycles. The molecule has 2 aromatic carbocycles. The zero-order valence-corrected chi connectivity index (χ0v) is 23.0. The third kappa shape index (κ3) is 5.43. The molecule has 168 valence electrons. The predicted octanol–water partition coefficient (Wildman–Crippen LogP) is 5.19. The van der Waals surface area contributed by atoms with E-state index in [0.717, 1.165) is 0 Å². The second-order valence-electron chi connectivity index (χ2n) is 8.73. The Hall–Kier alpha value is -1.58. The van der Waals surface area contributed by atoms with Crippen molar-refractivity contribution in [2.45, 2.75) is 52.7 Å². The van der Waals surface area contributed by atoms with Gasteiger partial charge in [-0.2, -0.15) is 0 Å². The van der Waals surface area contributed by atoms with Crippen LogP contribution in [-0.4, -0.2) is 11.2 Å². The van der Waals surface area contributed by atoms with Crippen molar-refractivity contribution in [3.63, 3.8) is 0 Å². The Morgan fingerprint density at radius 1 is 0.452 bits per heavy atom. The molecule has 2 nitrogen and oxygen atoms in total. The molecule has 0 heterocycles. The number of ether oxygens (including phenoxy) is 2. The Labute approximate surface area is 186 Å². The Morgan fingerprint density at radius 3 is 0.871 bits per heavy atom. The van der Waals surface area contributed by atoms with Gasteiger partial charge in [0.15, 0.2) is 0 Å². The van der Waals surface area contributed by atoms with Crippen LogP contribution in [0.4, 0.5) is 35.1 Å². The molecule has 0 aliphatic carbocycles. The Bertz CT molecular complexity index is 886. The molecule has 31 heavy (non-hydrogen) atoms. The van der Waals surface area contributed by atoms with E-state index in [2.05, 4.69) is 0 Å². The van der Waals surface area contributed by atoms with Gasteiger partial charge in [0.2, 0.25) is 0 Å². The van der Waals surface area contributed by atoms with Gasteiger partial charge >= 0.3 is 186 Å². The fraction of sp³-hybridized carbons (Fsp3) is 0.400. The summed E-state index contributed by atoms with van der Waals surface area (Å²) in [4.78, 5) is 0. The van der Waals surface area contributed by atoms with Gasteiger partial charge in [0.25, 0.3) is 0 Å². The van der Waals surface area contributed by atoms with Crippen molar-refractivity contribution in [1.29, 1.82) is 0 Å². The van der Waals surface area contributed by atoms with Crippen LogP contribution in [0.5, 0.6) is 11.5 Å². The molecular weight excluding hydrogens is 625 g/mol. The quantitative estimate of drug-likeness (QED) is 0.260. The van der Waals surface area contributed by atoms with Gasteiger partial charge in [-0.05, 0) is 0 Å². The fourth-order valence-corrected chi connectivity index (χ4v) is 8.79. The Balaban J connectivity index is 2.65. The summed E-state index contributed by atoms with van der Waals surface area (Å²) in [6, 6.07) is 0. The van der Waals surface area contributed by atoms with Crippen molar-refractivity contribution in [2.75, 3.05) is 0 Å². The molecule has 0 aliphatic rings. The van der Waals surface area contributed by atoms with E-state index in [1.165, 1.54) is 41.5 Å². The Kier molecular flexibility index (Phi) is 7.24. The number of hydrogen-bond donors (Lipinski definition) is 0. The van der Waals surface area contributed by atoms with Crippen LogP contribution in [0.15, 0.2) is 0 Å². The van der Waals surface area contributed by atoms with Crippen LogP contribution in [-0.2, 0) is 24.6 Å². The molecule has 0 spiro atoms. The maximum absolute atomic E-state index is 14.5. The summed E-state index contributed by atoms with van der Waals surface area (Å²) in [5.41, 5.74) is -2.44. The number of hydrogen-bond acceptors (Lipinski definition) is 2. The summed E-state index contributed by atoms with van der Waals surface area (Å²) in [7, 11) is 0. The van der Waals surface area contributed by atoms with Crippen LogP contribution in [0, 0.1) is 46.5 Å².